The zero-order valence-electron chi connectivity index (χ0n) is 11.6. The van der Waals surface area contributed by atoms with E-state index in [0.29, 0.717) is 5.69 Å². The van der Waals surface area contributed by atoms with E-state index in [-0.39, 0.29) is 11.1 Å². The second-order valence-corrected chi connectivity index (χ2v) is 4.89. The number of hydrogen-bond acceptors (Lipinski definition) is 3. The molecule has 2 rings (SSSR count). The molecule has 0 aliphatic rings. The number of pyridine rings is 1. The molecule has 0 saturated heterocycles. The Balaban J connectivity index is 2.65. The maximum Gasteiger partial charge on any atom is 0.425 e. The summed E-state index contributed by atoms with van der Waals surface area (Å²) in [5, 5.41) is 10.4. The topological polar surface area (TPSA) is 36.4 Å². The highest BCUT2D eigenvalue weighted by Crippen LogP contribution is 2.44. The Labute approximate surface area is 120 Å². The van der Waals surface area contributed by atoms with Gasteiger partial charge in [0.05, 0.1) is 0 Å². The molecular weight excluding hydrogens is 281 g/mol. The lowest BCUT2D eigenvalue weighted by Crippen LogP contribution is -2.43. The molecule has 0 fully saturated rings. The molecule has 1 heterocycles. The first-order valence-corrected chi connectivity index (χ1v) is 6.24. The Bertz CT molecular complexity index is 614. The highest BCUT2D eigenvalue weighted by Gasteiger charge is 2.56. The van der Waals surface area contributed by atoms with Crippen LogP contribution in [0, 0.1) is 0 Å². The predicted octanol–water partition coefficient (Wildman–Crippen LogP) is 2.95. The summed E-state index contributed by atoms with van der Waals surface area (Å²) in [5.74, 6) is 0. The molecule has 6 heteroatoms. The second kappa shape index (κ2) is 5.37. The first-order chi connectivity index (χ1) is 9.76. The van der Waals surface area contributed by atoms with Crippen LogP contribution >= 0.6 is 0 Å². The molecule has 0 amide bonds. The zero-order chi connectivity index (χ0) is 15.7. The van der Waals surface area contributed by atoms with Crippen LogP contribution in [0.25, 0.3) is 0 Å². The molecule has 1 aromatic carbocycles. The van der Waals surface area contributed by atoms with Crippen LogP contribution in [0.15, 0.2) is 48.8 Å². The van der Waals surface area contributed by atoms with Crippen molar-refractivity contribution < 1.29 is 18.3 Å². The van der Waals surface area contributed by atoms with Gasteiger partial charge in [0.2, 0.25) is 5.60 Å². The second-order valence-electron chi connectivity index (χ2n) is 4.89. The maximum atomic E-state index is 13.5. The number of alkyl halides is 3. The van der Waals surface area contributed by atoms with E-state index in [1.807, 2.05) is 0 Å². The van der Waals surface area contributed by atoms with Crippen molar-refractivity contribution in [2.75, 3.05) is 19.0 Å². The van der Waals surface area contributed by atoms with Crippen LogP contribution in [-0.4, -0.2) is 30.4 Å². The average molecular weight is 296 g/mol. The van der Waals surface area contributed by atoms with Crippen LogP contribution in [0.3, 0.4) is 0 Å². The Hall–Kier alpha value is -2.08. The van der Waals surface area contributed by atoms with Gasteiger partial charge in [-0.1, -0.05) is 18.2 Å². The van der Waals surface area contributed by atoms with E-state index in [9.17, 15) is 18.3 Å². The van der Waals surface area contributed by atoms with Gasteiger partial charge in [0, 0.05) is 37.7 Å². The monoisotopic (exact) mass is 296 g/mol. The Morgan fingerprint density at radius 1 is 1.05 bits per heavy atom. The quantitative estimate of drug-likeness (QED) is 0.946. The van der Waals surface area contributed by atoms with Gasteiger partial charge in [-0.2, -0.15) is 13.2 Å². The van der Waals surface area contributed by atoms with Gasteiger partial charge in [-0.15, -0.1) is 0 Å². The van der Waals surface area contributed by atoms with Crippen LogP contribution in [0.1, 0.15) is 11.1 Å². The molecule has 0 bridgehead atoms. The third kappa shape index (κ3) is 2.71. The summed E-state index contributed by atoms with van der Waals surface area (Å²) in [6, 6.07) is 8.31. The minimum absolute atomic E-state index is 0.241. The minimum atomic E-state index is -4.86. The first-order valence-electron chi connectivity index (χ1n) is 6.24. The van der Waals surface area contributed by atoms with Crippen molar-refractivity contribution in [1.29, 1.82) is 0 Å². The Morgan fingerprint density at radius 2 is 1.71 bits per heavy atom. The first kappa shape index (κ1) is 15.3. The van der Waals surface area contributed by atoms with Crippen molar-refractivity contribution in [2.45, 2.75) is 11.8 Å². The highest BCUT2D eigenvalue weighted by molar-refractivity contribution is 5.51. The molecule has 0 radical (unpaired) electrons. The van der Waals surface area contributed by atoms with Crippen LogP contribution in [-0.2, 0) is 5.60 Å². The van der Waals surface area contributed by atoms with E-state index < -0.39 is 11.8 Å². The van der Waals surface area contributed by atoms with E-state index >= 15 is 0 Å². The number of rotatable bonds is 3. The fourth-order valence-electron chi connectivity index (χ4n) is 2.08. The molecule has 112 valence electrons. The molecule has 2 aromatic rings. The molecule has 0 spiro atoms. The summed E-state index contributed by atoms with van der Waals surface area (Å²) in [4.78, 5) is 5.35. The van der Waals surface area contributed by atoms with Gasteiger partial charge < -0.3 is 10.0 Å². The largest absolute Gasteiger partial charge is 0.425 e. The van der Waals surface area contributed by atoms with Gasteiger partial charge in [-0.3, -0.25) is 4.98 Å². The molecule has 1 N–H and O–H groups in total. The lowest BCUT2D eigenvalue weighted by Gasteiger charge is -2.31. The molecule has 0 aliphatic carbocycles. The van der Waals surface area contributed by atoms with E-state index in [4.69, 9.17) is 0 Å². The van der Waals surface area contributed by atoms with Gasteiger partial charge in [-0.05, 0) is 23.8 Å². The third-order valence-corrected chi connectivity index (χ3v) is 3.27. The van der Waals surface area contributed by atoms with Gasteiger partial charge in [0.1, 0.15) is 0 Å². The van der Waals surface area contributed by atoms with E-state index in [1.54, 1.807) is 25.1 Å². The fraction of sp³-hybridized carbons (Fsp3) is 0.267. The minimum Gasteiger partial charge on any atom is -0.378 e. The maximum absolute atomic E-state index is 13.5. The summed E-state index contributed by atoms with van der Waals surface area (Å²) in [6.07, 6.45) is -2.48. The number of benzene rings is 1. The summed E-state index contributed by atoms with van der Waals surface area (Å²) in [6.45, 7) is 0. The molecule has 1 atom stereocenters. The lowest BCUT2D eigenvalue weighted by atomic mass is 9.86. The Morgan fingerprint density at radius 3 is 2.24 bits per heavy atom. The molecule has 0 aliphatic heterocycles. The standard InChI is InChI=1S/C15H15F3N2O/c1-20(2)13-7-3-5-11(9-13)14(21,15(16,17)18)12-6-4-8-19-10-12/h3-10,21H,1-2H3. The summed E-state index contributed by atoms with van der Waals surface area (Å²) >= 11 is 0. The number of aliphatic hydroxyl groups is 1. The van der Waals surface area contributed by atoms with Crippen LogP contribution < -0.4 is 4.90 Å². The van der Waals surface area contributed by atoms with Crippen molar-refractivity contribution in [2.24, 2.45) is 0 Å². The zero-order valence-corrected chi connectivity index (χ0v) is 11.6. The molecule has 3 nitrogen and oxygen atoms in total. The SMILES string of the molecule is CN(C)c1cccc(C(O)(c2cccnc2)C(F)(F)F)c1. The third-order valence-electron chi connectivity index (χ3n) is 3.27. The number of anilines is 1. The van der Waals surface area contributed by atoms with E-state index in [0.717, 1.165) is 6.20 Å². The number of halogens is 3. The number of nitrogens with zero attached hydrogens (tertiary/aromatic N) is 2. The number of aromatic nitrogens is 1. The molecule has 1 aromatic heterocycles. The van der Waals surface area contributed by atoms with Crippen molar-refractivity contribution in [1.82, 2.24) is 4.98 Å². The molecular formula is C15H15F3N2O. The van der Waals surface area contributed by atoms with E-state index in [1.165, 1.54) is 36.5 Å². The van der Waals surface area contributed by atoms with Gasteiger partial charge in [-0.25, -0.2) is 0 Å². The van der Waals surface area contributed by atoms with Gasteiger partial charge >= 0.3 is 6.18 Å². The van der Waals surface area contributed by atoms with Crippen LogP contribution in [0.5, 0.6) is 0 Å². The van der Waals surface area contributed by atoms with Crippen molar-refractivity contribution in [3.8, 4) is 0 Å². The molecule has 1 unspecified atom stereocenters. The Kier molecular flexibility index (Phi) is 3.91. The summed E-state index contributed by atoms with van der Waals surface area (Å²) < 4.78 is 40.6. The lowest BCUT2D eigenvalue weighted by molar-refractivity contribution is -0.248. The van der Waals surface area contributed by atoms with Crippen molar-refractivity contribution in [3.05, 3.63) is 59.9 Å². The van der Waals surface area contributed by atoms with Crippen LogP contribution in [0.4, 0.5) is 18.9 Å². The van der Waals surface area contributed by atoms with Crippen LogP contribution in [0.2, 0.25) is 0 Å². The predicted molar refractivity (Wildman–Crippen MR) is 74.1 cm³/mol. The summed E-state index contributed by atoms with van der Waals surface area (Å²) in [5.41, 5.74) is -3.07. The normalized spacial score (nSPS) is 14.6. The summed E-state index contributed by atoms with van der Waals surface area (Å²) in [7, 11) is 3.44. The fourth-order valence-corrected chi connectivity index (χ4v) is 2.08. The van der Waals surface area contributed by atoms with Crippen molar-refractivity contribution >= 4 is 5.69 Å². The highest BCUT2D eigenvalue weighted by atomic mass is 19.4. The van der Waals surface area contributed by atoms with Crippen molar-refractivity contribution in [3.63, 3.8) is 0 Å². The molecule has 0 saturated carbocycles. The van der Waals surface area contributed by atoms with Gasteiger partial charge in [0.15, 0.2) is 0 Å². The number of hydrogen-bond donors (Lipinski definition) is 1. The van der Waals surface area contributed by atoms with E-state index in [2.05, 4.69) is 4.98 Å². The smallest absolute Gasteiger partial charge is 0.378 e. The average Bonchev–Trinajstić information content (AvgIpc) is 2.46. The van der Waals surface area contributed by atoms with Gasteiger partial charge in [0.25, 0.3) is 0 Å². The molecule has 21 heavy (non-hydrogen) atoms.